The van der Waals surface area contributed by atoms with Gasteiger partial charge >= 0.3 is 0 Å². The fraction of sp³-hybridized carbons (Fsp3) is 0.308. The van der Waals surface area contributed by atoms with Gasteiger partial charge in [-0.1, -0.05) is 18.2 Å². The molecule has 2 atom stereocenters. The van der Waals surface area contributed by atoms with Crippen LogP contribution >= 0.6 is 11.5 Å². The summed E-state index contributed by atoms with van der Waals surface area (Å²) in [5, 5.41) is 10.8. The zero-order valence-corrected chi connectivity index (χ0v) is 10.9. The quantitative estimate of drug-likeness (QED) is 0.810. The number of nitrogens with zero attached hydrogens (tertiary/aromatic N) is 1. The van der Waals surface area contributed by atoms with Crippen LogP contribution in [-0.4, -0.2) is 28.2 Å². The van der Waals surface area contributed by atoms with Crippen molar-refractivity contribution in [3.8, 4) is 5.75 Å². The first-order valence-electron chi connectivity index (χ1n) is 5.75. The van der Waals surface area contributed by atoms with Crippen LogP contribution in [0.2, 0.25) is 0 Å². The van der Waals surface area contributed by atoms with Crippen LogP contribution in [0.25, 0.3) is 10.1 Å². The highest BCUT2D eigenvalue weighted by Gasteiger charge is 2.13. The first kappa shape index (κ1) is 13.0. The monoisotopic (exact) mass is 264 g/mol. The van der Waals surface area contributed by atoms with E-state index in [1.54, 1.807) is 12.3 Å². The lowest BCUT2D eigenvalue weighted by Gasteiger charge is -2.16. The van der Waals surface area contributed by atoms with Gasteiger partial charge in [0.15, 0.2) is 0 Å². The van der Waals surface area contributed by atoms with E-state index < -0.39 is 12.1 Å². The molecule has 5 heteroatoms. The van der Waals surface area contributed by atoms with Crippen LogP contribution in [0.3, 0.4) is 0 Å². The summed E-state index contributed by atoms with van der Waals surface area (Å²) in [4.78, 5) is 0. The third-order valence-electron chi connectivity index (χ3n) is 2.63. The highest BCUT2D eigenvalue weighted by molar-refractivity contribution is 7.13. The standard InChI is InChI=1S/C13H16N2O2S/c1-2-4-10(14)11(16)8-17-12-5-3-6-13-9(12)7-15-18-13/h2-7,10-11,16H,8,14H2,1H3. The summed E-state index contributed by atoms with van der Waals surface area (Å²) in [5.74, 6) is 0.730. The van der Waals surface area contributed by atoms with Gasteiger partial charge < -0.3 is 15.6 Å². The van der Waals surface area contributed by atoms with Crippen LogP contribution in [-0.2, 0) is 0 Å². The molecule has 0 aliphatic heterocycles. The van der Waals surface area contributed by atoms with Gasteiger partial charge in [0.05, 0.1) is 22.3 Å². The molecule has 0 bridgehead atoms. The van der Waals surface area contributed by atoms with Gasteiger partial charge in [-0.2, -0.15) is 4.37 Å². The Balaban J connectivity index is 2.04. The number of hydrogen-bond acceptors (Lipinski definition) is 5. The van der Waals surface area contributed by atoms with E-state index in [1.165, 1.54) is 11.5 Å². The lowest BCUT2D eigenvalue weighted by atomic mass is 10.1. The molecule has 2 unspecified atom stereocenters. The zero-order chi connectivity index (χ0) is 13.0. The molecule has 3 N–H and O–H groups in total. The average molecular weight is 264 g/mol. The van der Waals surface area contributed by atoms with Crippen LogP contribution in [0.15, 0.2) is 36.5 Å². The Kier molecular flexibility index (Phi) is 4.30. The summed E-state index contributed by atoms with van der Waals surface area (Å²) in [6, 6.07) is 5.36. The lowest BCUT2D eigenvalue weighted by molar-refractivity contribution is 0.0977. The van der Waals surface area contributed by atoms with E-state index in [0.29, 0.717) is 0 Å². The van der Waals surface area contributed by atoms with Crippen molar-refractivity contribution >= 4 is 21.6 Å². The number of aromatic nitrogens is 1. The van der Waals surface area contributed by atoms with Gasteiger partial charge in [0, 0.05) is 0 Å². The largest absolute Gasteiger partial charge is 0.490 e. The fourth-order valence-electron chi connectivity index (χ4n) is 1.63. The van der Waals surface area contributed by atoms with Gasteiger partial charge in [0.2, 0.25) is 0 Å². The Morgan fingerprint density at radius 3 is 3.17 bits per heavy atom. The van der Waals surface area contributed by atoms with Crippen molar-refractivity contribution in [3.63, 3.8) is 0 Å². The van der Waals surface area contributed by atoms with Gasteiger partial charge in [0.25, 0.3) is 0 Å². The van der Waals surface area contributed by atoms with Crippen molar-refractivity contribution in [2.45, 2.75) is 19.1 Å². The first-order valence-corrected chi connectivity index (χ1v) is 6.52. The third-order valence-corrected chi connectivity index (χ3v) is 3.39. The van der Waals surface area contributed by atoms with E-state index >= 15 is 0 Å². The van der Waals surface area contributed by atoms with Gasteiger partial charge in [-0.05, 0) is 30.6 Å². The van der Waals surface area contributed by atoms with Gasteiger partial charge in [0.1, 0.15) is 18.5 Å². The molecule has 0 fully saturated rings. The molecule has 0 spiro atoms. The molecule has 96 valence electrons. The number of ether oxygens (including phenoxy) is 1. The minimum Gasteiger partial charge on any atom is -0.490 e. The molecular formula is C13H16N2O2S. The van der Waals surface area contributed by atoms with Crippen molar-refractivity contribution < 1.29 is 9.84 Å². The molecule has 1 aromatic heterocycles. The normalized spacial score (nSPS) is 15.1. The number of nitrogens with two attached hydrogens (primary N) is 1. The topological polar surface area (TPSA) is 68.4 Å². The van der Waals surface area contributed by atoms with E-state index in [-0.39, 0.29) is 6.61 Å². The molecule has 0 saturated carbocycles. The summed E-state index contributed by atoms with van der Waals surface area (Å²) in [6.07, 6.45) is 4.62. The first-order chi connectivity index (χ1) is 8.72. The summed E-state index contributed by atoms with van der Waals surface area (Å²) in [5.41, 5.74) is 5.76. The predicted molar refractivity (Wildman–Crippen MR) is 73.9 cm³/mol. The average Bonchev–Trinajstić information content (AvgIpc) is 2.84. The molecule has 0 radical (unpaired) electrons. The SMILES string of the molecule is CC=CC(N)C(O)COc1cccc2sncc12. The van der Waals surface area contributed by atoms with E-state index in [4.69, 9.17) is 10.5 Å². The number of fused-ring (bicyclic) bond motifs is 1. The van der Waals surface area contributed by atoms with Crippen molar-refractivity contribution in [3.05, 3.63) is 36.5 Å². The summed E-state index contributed by atoms with van der Waals surface area (Å²) in [6.45, 7) is 2.03. The number of hydrogen-bond donors (Lipinski definition) is 2. The van der Waals surface area contributed by atoms with Crippen molar-refractivity contribution in [1.82, 2.24) is 4.37 Å². The molecule has 0 aliphatic carbocycles. The van der Waals surface area contributed by atoms with Crippen LogP contribution in [0.1, 0.15) is 6.92 Å². The van der Waals surface area contributed by atoms with Crippen LogP contribution in [0, 0.1) is 0 Å². The highest BCUT2D eigenvalue weighted by Crippen LogP contribution is 2.27. The van der Waals surface area contributed by atoms with Crippen LogP contribution < -0.4 is 10.5 Å². The molecule has 1 aromatic carbocycles. The second-order valence-electron chi connectivity index (χ2n) is 3.98. The third kappa shape index (κ3) is 2.87. The number of rotatable bonds is 5. The molecule has 1 heterocycles. The van der Waals surface area contributed by atoms with Gasteiger partial charge in [-0.25, -0.2) is 0 Å². The summed E-state index contributed by atoms with van der Waals surface area (Å²) in [7, 11) is 0. The van der Waals surface area contributed by atoms with E-state index in [0.717, 1.165) is 15.8 Å². The fourth-order valence-corrected chi connectivity index (χ4v) is 2.29. The lowest BCUT2D eigenvalue weighted by Crippen LogP contribution is -2.37. The Labute approximate surface area is 110 Å². The van der Waals surface area contributed by atoms with Crippen molar-refractivity contribution in [2.24, 2.45) is 5.73 Å². The van der Waals surface area contributed by atoms with Crippen molar-refractivity contribution in [1.29, 1.82) is 0 Å². The Morgan fingerprint density at radius 2 is 2.39 bits per heavy atom. The number of aliphatic hydroxyl groups is 1. The maximum Gasteiger partial charge on any atom is 0.129 e. The van der Waals surface area contributed by atoms with Crippen LogP contribution in [0.4, 0.5) is 0 Å². The molecule has 0 aliphatic rings. The smallest absolute Gasteiger partial charge is 0.129 e. The second kappa shape index (κ2) is 5.95. The second-order valence-corrected chi connectivity index (χ2v) is 4.81. The van der Waals surface area contributed by atoms with E-state index in [1.807, 2.05) is 31.2 Å². The van der Waals surface area contributed by atoms with E-state index in [2.05, 4.69) is 4.37 Å². The molecular weight excluding hydrogens is 248 g/mol. The van der Waals surface area contributed by atoms with Gasteiger partial charge in [-0.3, -0.25) is 0 Å². The Morgan fingerprint density at radius 1 is 1.56 bits per heavy atom. The highest BCUT2D eigenvalue weighted by atomic mass is 32.1. The van der Waals surface area contributed by atoms with E-state index in [9.17, 15) is 5.11 Å². The summed E-state index contributed by atoms with van der Waals surface area (Å²) >= 11 is 1.42. The molecule has 0 saturated heterocycles. The minimum absolute atomic E-state index is 0.167. The minimum atomic E-state index is -0.719. The van der Waals surface area contributed by atoms with Gasteiger partial charge in [-0.15, -0.1) is 0 Å². The molecule has 2 aromatic rings. The molecule has 18 heavy (non-hydrogen) atoms. The molecule has 4 nitrogen and oxygen atoms in total. The maximum absolute atomic E-state index is 9.82. The maximum atomic E-state index is 9.82. The zero-order valence-electron chi connectivity index (χ0n) is 10.1. The molecule has 0 amide bonds. The Hall–Kier alpha value is -1.43. The van der Waals surface area contributed by atoms with Crippen molar-refractivity contribution in [2.75, 3.05) is 6.61 Å². The summed E-state index contributed by atoms with van der Waals surface area (Å²) < 4.78 is 10.8. The predicted octanol–water partition coefficient (Wildman–Crippen LogP) is 1.94. The molecule has 2 rings (SSSR count). The number of benzene rings is 1. The Bertz CT molecular complexity index is 539. The number of aliphatic hydroxyl groups excluding tert-OH is 1. The number of allylic oxidation sites excluding steroid dienone is 1. The van der Waals surface area contributed by atoms with Crippen LogP contribution in [0.5, 0.6) is 5.75 Å².